The van der Waals surface area contributed by atoms with Gasteiger partial charge in [-0.15, -0.1) is 0 Å². The van der Waals surface area contributed by atoms with Crippen LogP contribution in [-0.4, -0.2) is 54.0 Å². The molecule has 0 spiro atoms. The Balaban J connectivity index is 1.99. The van der Waals surface area contributed by atoms with Crippen LogP contribution < -0.4 is 0 Å². The van der Waals surface area contributed by atoms with E-state index in [1.165, 1.54) is 4.90 Å². The van der Waals surface area contributed by atoms with Gasteiger partial charge in [0.2, 0.25) is 5.91 Å². The fourth-order valence-electron chi connectivity index (χ4n) is 2.81. The van der Waals surface area contributed by atoms with Crippen LogP contribution in [0.15, 0.2) is 0 Å². The quantitative estimate of drug-likeness (QED) is 0.865. The van der Waals surface area contributed by atoms with Gasteiger partial charge in [-0.2, -0.15) is 13.2 Å². The Morgan fingerprint density at radius 3 is 2.43 bits per heavy atom. The second-order valence-corrected chi connectivity index (χ2v) is 6.09. The van der Waals surface area contributed by atoms with E-state index in [4.69, 9.17) is 4.74 Å². The Labute approximate surface area is 122 Å². The second-order valence-electron chi connectivity index (χ2n) is 6.09. The maximum absolute atomic E-state index is 12.9. The normalized spacial score (nSPS) is 29.1. The lowest BCUT2D eigenvalue weighted by Gasteiger charge is -2.30. The summed E-state index contributed by atoms with van der Waals surface area (Å²) in [7, 11) is 0. The first kappa shape index (κ1) is 16.5. The SMILES string of the molecule is CCOCC1(C(=O)N2CCCC(O)(C(F)(F)F)CC2)CC1. The highest BCUT2D eigenvalue weighted by Crippen LogP contribution is 2.48. The van der Waals surface area contributed by atoms with E-state index in [2.05, 4.69) is 0 Å². The van der Waals surface area contributed by atoms with Crippen LogP contribution >= 0.6 is 0 Å². The van der Waals surface area contributed by atoms with E-state index in [9.17, 15) is 23.1 Å². The van der Waals surface area contributed by atoms with Gasteiger partial charge in [0.1, 0.15) is 0 Å². The molecule has 0 aromatic heterocycles. The van der Waals surface area contributed by atoms with Gasteiger partial charge >= 0.3 is 6.18 Å². The minimum absolute atomic E-state index is 0.0529. The molecule has 0 bridgehead atoms. The van der Waals surface area contributed by atoms with Gasteiger partial charge in [0.15, 0.2) is 5.60 Å². The number of halogens is 3. The van der Waals surface area contributed by atoms with Crippen LogP contribution in [0.25, 0.3) is 0 Å². The van der Waals surface area contributed by atoms with Crippen LogP contribution in [0.1, 0.15) is 39.0 Å². The molecule has 1 atom stereocenters. The minimum Gasteiger partial charge on any atom is -0.381 e. The highest BCUT2D eigenvalue weighted by Gasteiger charge is 2.56. The lowest BCUT2D eigenvalue weighted by Crippen LogP contribution is -2.46. The van der Waals surface area contributed by atoms with Crippen molar-refractivity contribution in [1.82, 2.24) is 4.90 Å². The van der Waals surface area contributed by atoms with Crippen LogP contribution in [0.5, 0.6) is 0 Å². The molecule has 1 amide bonds. The predicted octanol–water partition coefficient (Wildman–Crippen LogP) is 2.11. The molecule has 1 heterocycles. The van der Waals surface area contributed by atoms with Crippen molar-refractivity contribution in [2.45, 2.75) is 50.8 Å². The zero-order valence-electron chi connectivity index (χ0n) is 12.2. The number of alkyl halides is 3. The molecule has 21 heavy (non-hydrogen) atoms. The summed E-state index contributed by atoms with van der Waals surface area (Å²) in [6, 6.07) is 0. The third-order valence-corrected chi connectivity index (χ3v) is 4.52. The van der Waals surface area contributed by atoms with E-state index in [1.54, 1.807) is 0 Å². The number of amides is 1. The van der Waals surface area contributed by atoms with Crippen molar-refractivity contribution in [3.8, 4) is 0 Å². The molecule has 7 heteroatoms. The third-order valence-electron chi connectivity index (χ3n) is 4.52. The number of carbonyl (C=O) groups excluding carboxylic acids is 1. The molecule has 2 rings (SSSR count). The van der Waals surface area contributed by atoms with Crippen molar-refractivity contribution in [1.29, 1.82) is 0 Å². The molecule has 2 aliphatic rings. The van der Waals surface area contributed by atoms with Crippen molar-refractivity contribution >= 4 is 5.91 Å². The molecule has 1 N–H and O–H groups in total. The highest BCUT2D eigenvalue weighted by atomic mass is 19.4. The van der Waals surface area contributed by atoms with Gasteiger partial charge in [0, 0.05) is 26.1 Å². The smallest absolute Gasteiger partial charge is 0.381 e. The lowest BCUT2D eigenvalue weighted by molar-refractivity contribution is -0.263. The van der Waals surface area contributed by atoms with Crippen LogP contribution in [0.2, 0.25) is 0 Å². The number of ether oxygens (including phenoxy) is 1. The largest absolute Gasteiger partial charge is 0.417 e. The summed E-state index contributed by atoms with van der Waals surface area (Å²) in [6.07, 6.45) is -3.83. The van der Waals surface area contributed by atoms with Crippen LogP contribution in [0.3, 0.4) is 0 Å². The summed E-state index contributed by atoms with van der Waals surface area (Å²) >= 11 is 0. The lowest BCUT2D eigenvalue weighted by atomic mass is 9.94. The van der Waals surface area contributed by atoms with Gasteiger partial charge in [0.25, 0.3) is 0 Å². The van der Waals surface area contributed by atoms with Crippen LogP contribution in [0, 0.1) is 5.41 Å². The first-order valence-corrected chi connectivity index (χ1v) is 7.40. The average Bonchev–Trinajstić information content (AvgIpc) is 3.20. The first-order valence-electron chi connectivity index (χ1n) is 7.40. The molecule has 1 unspecified atom stereocenters. The van der Waals surface area contributed by atoms with E-state index in [0.717, 1.165) is 12.8 Å². The maximum atomic E-state index is 12.9. The Hall–Kier alpha value is -0.820. The Morgan fingerprint density at radius 2 is 1.90 bits per heavy atom. The Morgan fingerprint density at radius 1 is 1.24 bits per heavy atom. The molecule has 0 radical (unpaired) electrons. The van der Waals surface area contributed by atoms with Crippen molar-refractivity contribution in [2.24, 2.45) is 5.41 Å². The zero-order valence-corrected chi connectivity index (χ0v) is 12.2. The number of rotatable bonds is 4. The van der Waals surface area contributed by atoms with Gasteiger partial charge in [-0.3, -0.25) is 4.79 Å². The van der Waals surface area contributed by atoms with Crippen molar-refractivity contribution in [3.05, 3.63) is 0 Å². The molecule has 122 valence electrons. The topological polar surface area (TPSA) is 49.8 Å². The number of hydrogen-bond donors (Lipinski definition) is 1. The van der Waals surface area contributed by atoms with Crippen molar-refractivity contribution in [2.75, 3.05) is 26.3 Å². The zero-order chi connectivity index (χ0) is 15.7. The van der Waals surface area contributed by atoms with E-state index >= 15 is 0 Å². The summed E-state index contributed by atoms with van der Waals surface area (Å²) in [5.41, 5.74) is -3.20. The number of nitrogens with zero attached hydrogens (tertiary/aromatic N) is 1. The van der Waals surface area contributed by atoms with Crippen LogP contribution in [-0.2, 0) is 9.53 Å². The highest BCUT2D eigenvalue weighted by molar-refractivity contribution is 5.85. The molecule has 2 fully saturated rings. The Bertz CT molecular complexity index is 395. The second kappa shape index (κ2) is 5.76. The predicted molar refractivity (Wildman–Crippen MR) is 69.6 cm³/mol. The fourth-order valence-corrected chi connectivity index (χ4v) is 2.81. The number of carbonyl (C=O) groups is 1. The van der Waals surface area contributed by atoms with E-state index in [0.29, 0.717) is 13.2 Å². The molecule has 1 saturated heterocycles. The summed E-state index contributed by atoms with van der Waals surface area (Å²) < 4.78 is 43.9. The molecular formula is C14H22F3NO3. The summed E-state index contributed by atoms with van der Waals surface area (Å²) in [5, 5.41) is 9.76. The molecule has 4 nitrogen and oxygen atoms in total. The number of likely N-dealkylation sites (tertiary alicyclic amines) is 1. The van der Waals surface area contributed by atoms with Crippen LogP contribution in [0.4, 0.5) is 13.2 Å². The van der Waals surface area contributed by atoms with Gasteiger partial charge in [-0.25, -0.2) is 0 Å². The first-order chi connectivity index (χ1) is 9.74. The van der Waals surface area contributed by atoms with E-state index in [1.807, 2.05) is 6.92 Å². The minimum atomic E-state index is -4.64. The van der Waals surface area contributed by atoms with E-state index in [-0.39, 0.29) is 31.8 Å². The van der Waals surface area contributed by atoms with Crippen molar-refractivity contribution < 1.29 is 27.8 Å². The van der Waals surface area contributed by atoms with Crippen molar-refractivity contribution in [3.63, 3.8) is 0 Å². The maximum Gasteiger partial charge on any atom is 0.417 e. The van der Waals surface area contributed by atoms with Gasteiger partial charge in [-0.05, 0) is 32.6 Å². The summed E-state index contributed by atoms with van der Waals surface area (Å²) in [5.74, 6) is -0.123. The van der Waals surface area contributed by atoms with E-state index < -0.39 is 23.6 Å². The standard InChI is InChI=1S/C14H22F3NO3/c1-2-21-10-12(5-6-12)11(19)18-8-3-4-13(20,7-9-18)14(15,16)17/h20H,2-10H2,1H3. The fraction of sp³-hybridized carbons (Fsp3) is 0.929. The molecule has 0 aromatic carbocycles. The number of aliphatic hydroxyl groups is 1. The molecule has 0 aromatic rings. The average molecular weight is 309 g/mol. The van der Waals surface area contributed by atoms with Gasteiger partial charge in [-0.1, -0.05) is 0 Å². The molecular weight excluding hydrogens is 287 g/mol. The Kier molecular flexibility index (Phi) is 4.54. The van der Waals surface area contributed by atoms with Gasteiger partial charge in [0.05, 0.1) is 12.0 Å². The van der Waals surface area contributed by atoms with Gasteiger partial charge < -0.3 is 14.7 Å². The monoisotopic (exact) mass is 309 g/mol. The molecule has 1 aliphatic heterocycles. The summed E-state index contributed by atoms with van der Waals surface area (Å²) in [4.78, 5) is 14.0. The third kappa shape index (κ3) is 3.34. The number of hydrogen-bond acceptors (Lipinski definition) is 3. The summed E-state index contributed by atoms with van der Waals surface area (Å²) in [6.45, 7) is 2.91. The molecule has 1 saturated carbocycles. The molecule has 1 aliphatic carbocycles.